The van der Waals surface area contributed by atoms with Gasteiger partial charge >= 0.3 is 0 Å². The molecule has 1 N–H and O–H groups in total. The molecule has 0 spiro atoms. The van der Waals surface area contributed by atoms with Gasteiger partial charge in [0.15, 0.2) is 5.79 Å². The first-order valence-electron chi connectivity index (χ1n) is 13.8. The SMILES string of the molecule is CC(=CCCCO[C@H](CO)[C@@H]1COC(C)(C)O1)CCCC(C)CCCC(C)CCCC(C)C. The maximum absolute atomic E-state index is 9.60. The first-order chi connectivity index (χ1) is 15.6. The zero-order valence-corrected chi connectivity index (χ0v) is 23.0. The van der Waals surface area contributed by atoms with E-state index in [1.165, 1.54) is 63.4 Å². The molecule has 4 atom stereocenters. The van der Waals surface area contributed by atoms with Crippen molar-refractivity contribution in [1.82, 2.24) is 0 Å². The van der Waals surface area contributed by atoms with Crippen LogP contribution in [0.1, 0.15) is 119 Å². The maximum Gasteiger partial charge on any atom is 0.163 e. The van der Waals surface area contributed by atoms with E-state index in [1.54, 1.807) is 0 Å². The second-order valence-corrected chi connectivity index (χ2v) is 11.5. The molecule has 0 aromatic rings. The molecule has 0 aromatic heterocycles. The van der Waals surface area contributed by atoms with Crippen LogP contribution in [0.15, 0.2) is 11.6 Å². The zero-order chi connectivity index (χ0) is 24.7. The number of hydrogen-bond donors (Lipinski definition) is 1. The molecule has 1 saturated heterocycles. The Kier molecular flexibility index (Phi) is 15.8. The van der Waals surface area contributed by atoms with Crippen LogP contribution in [0.2, 0.25) is 0 Å². The van der Waals surface area contributed by atoms with Crippen LogP contribution < -0.4 is 0 Å². The first-order valence-corrected chi connectivity index (χ1v) is 13.8. The standard InChI is InChI=1S/C29H56O4/c1-23(2)13-10-15-25(4)17-12-19-26(5)18-11-16-24(3)14-8-9-20-31-27(21-30)28-22-32-29(6,7)33-28/h14,23,25-28,30H,8-13,15-22H2,1-7H3/t25?,26?,27-,28+/m1/s1. The number of allylic oxidation sites excluding steroid dienone is 2. The van der Waals surface area contributed by atoms with Crippen LogP contribution in [0.5, 0.6) is 0 Å². The van der Waals surface area contributed by atoms with Gasteiger partial charge in [0.1, 0.15) is 12.2 Å². The lowest BCUT2D eigenvalue weighted by Crippen LogP contribution is -2.36. The zero-order valence-electron chi connectivity index (χ0n) is 23.0. The molecule has 0 aromatic carbocycles. The van der Waals surface area contributed by atoms with Gasteiger partial charge in [0.05, 0.1) is 13.2 Å². The molecule has 0 radical (unpaired) electrons. The first kappa shape index (κ1) is 30.6. The normalized spacial score (nSPS) is 21.5. The van der Waals surface area contributed by atoms with Crippen LogP contribution in [0.4, 0.5) is 0 Å². The fourth-order valence-electron chi connectivity index (χ4n) is 4.65. The summed E-state index contributed by atoms with van der Waals surface area (Å²) >= 11 is 0. The van der Waals surface area contributed by atoms with E-state index >= 15 is 0 Å². The summed E-state index contributed by atoms with van der Waals surface area (Å²) in [7, 11) is 0. The monoisotopic (exact) mass is 468 g/mol. The van der Waals surface area contributed by atoms with Crippen molar-refractivity contribution in [3.63, 3.8) is 0 Å². The Hall–Kier alpha value is -0.420. The predicted octanol–water partition coefficient (Wildman–Crippen LogP) is 7.68. The highest BCUT2D eigenvalue weighted by molar-refractivity contribution is 4.97. The average molecular weight is 469 g/mol. The van der Waals surface area contributed by atoms with Crippen molar-refractivity contribution in [2.75, 3.05) is 19.8 Å². The third-order valence-electron chi connectivity index (χ3n) is 6.94. The van der Waals surface area contributed by atoms with E-state index in [2.05, 4.69) is 40.7 Å². The van der Waals surface area contributed by atoms with Gasteiger partial charge in [-0.25, -0.2) is 0 Å². The summed E-state index contributed by atoms with van der Waals surface area (Å²) in [6, 6.07) is 0. The predicted molar refractivity (Wildman–Crippen MR) is 139 cm³/mol. The fraction of sp³-hybridized carbons (Fsp3) is 0.931. The fourth-order valence-corrected chi connectivity index (χ4v) is 4.65. The van der Waals surface area contributed by atoms with Gasteiger partial charge in [-0.15, -0.1) is 0 Å². The Balaban J connectivity index is 2.05. The molecule has 0 bridgehead atoms. The van der Waals surface area contributed by atoms with E-state index < -0.39 is 5.79 Å². The van der Waals surface area contributed by atoms with Crippen molar-refractivity contribution >= 4 is 0 Å². The van der Waals surface area contributed by atoms with Crippen molar-refractivity contribution in [1.29, 1.82) is 0 Å². The number of aliphatic hydroxyl groups excluding tert-OH is 1. The Morgan fingerprint density at radius 2 is 1.58 bits per heavy atom. The Labute approximate surface area is 205 Å². The molecule has 1 fully saturated rings. The third kappa shape index (κ3) is 15.2. The van der Waals surface area contributed by atoms with Gasteiger partial charge in [-0.05, 0) is 64.2 Å². The molecule has 1 rings (SSSR count). The highest BCUT2D eigenvalue weighted by Gasteiger charge is 2.37. The minimum Gasteiger partial charge on any atom is -0.394 e. The minimum absolute atomic E-state index is 0.0335. The lowest BCUT2D eigenvalue weighted by atomic mass is 9.91. The second-order valence-electron chi connectivity index (χ2n) is 11.5. The van der Waals surface area contributed by atoms with Crippen LogP contribution in [-0.2, 0) is 14.2 Å². The summed E-state index contributed by atoms with van der Waals surface area (Å²) in [5.41, 5.74) is 1.49. The van der Waals surface area contributed by atoms with Crippen LogP contribution in [-0.4, -0.2) is 42.9 Å². The van der Waals surface area contributed by atoms with Gasteiger partial charge in [0, 0.05) is 6.61 Å². The molecule has 1 heterocycles. The van der Waals surface area contributed by atoms with E-state index in [-0.39, 0.29) is 18.8 Å². The Bertz CT molecular complexity index is 514. The van der Waals surface area contributed by atoms with E-state index in [0.29, 0.717) is 13.2 Å². The van der Waals surface area contributed by atoms with Gasteiger partial charge in [0.25, 0.3) is 0 Å². The van der Waals surface area contributed by atoms with Crippen LogP contribution in [0.25, 0.3) is 0 Å². The summed E-state index contributed by atoms with van der Waals surface area (Å²) in [5.74, 6) is 2.01. The molecule has 4 nitrogen and oxygen atoms in total. The molecule has 0 aliphatic carbocycles. The smallest absolute Gasteiger partial charge is 0.163 e. The molecule has 2 unspecified atom stereocenters. The van der Waals surface area contributed by atoms with Crippen molar-refractivity contribution in [2.24, 2.45) is 17.8 Å². The number of rotatable bonds is 19. The van der Waals surface area contributed by atoms with Crippen molar-refractivity contribution in [2.45, 2.75) is 137 Å². The topological polar surface area (TPSA) is 47.9 Å². The summed E-state index contributed by atoms with van der Waals surface area (Å²) in [5, 5.41) is 9.60. The van der Waals surface area contributed by atoms with Gasteiger partial charge < -0.3 is 19.3 Å². The van der Waals surface area contributed by atoms with Crippen molar-refractivity contribution in [3.8, 4) is 0 Å². The molecule has 1 aliphatic rings. The summed E-state index contributed by atoms with van der Waals surface area (Å²) < 4.78 is 17.2. The highest BCUT2D eigenvalue weighted by atomic mass is 16.7. The van der Waals surface area contributed by atoms with E-state index in [4.69, 9.17) is 14.2 Å². The second kappa shape index (κ2) is 17.1. The quantitative estimate of drug-likeness (QED) is 0.156. The van der Waals surface area contributed by atoms with E-state index in [1.807, 2.05) is 13.8 Å². The van der Waals surface area contributed by atoms with Crippen molar-refractivity contribution in [3.05, 3.63) is 11.6 Å². The van der Waals surface area contributed by atoms with E-state index in [9.17, 15) is 5.11 Å². The van der Waals surface area contributed by atoms with Crippen molar-refractivity contribution < 1.29 is 19.3 Å². The summed E-state index contributed by atoms with van der Waals surface area (Å²) in [4.78, 5) is 0. The lowest BCUT2D eigenvalue weighted by Gasteiger charge is -2.22. The molecule has 0 saturated carbocycles. The number of hydrogen-bond acceptors (Lipinski definition) is 4. The molecule has 4 heteroatoms. The largest absolute Gasteiger partial charge is 0.394 e. The van der Waals surface area contributed by atoms with Crippen LogP contribution in [0, 0.1) is 17.8 Å². The van der Waals surface area contributed by atoms with E-state index in [0.717, 1.165) is 30.6 Å². The molecule has 1 aliphatic heterocycles. The van der Waals surface area contributed by atoms with Gasteiger partial charge in [-0.1, -0.05) is 84.3 Å². The maximum atomic E-state index is 9.60. The third-order valence-corrected chi connectivity index (χ3v) is 6.94. The van der Waals surface area contributed by atoms with Gasteiger partial charge in [-0.2, -0.15) is 0 Å². The summed E-state index contributed by atoms with van der Waals surface area (Å²) in [6.45, 7) is 16.7. The molecule has 33 heavy (non-hydrogen) atoms. The number of ether oxygens (including phenoxy) is 3. The number of unbranched alkanes of at least 4 members (excludes halogenated alkanes) is 1. The van der Waals surface area contributed by atoms with Crippen LogP contribution >= 0.6 is 0 Å². The van der Waals surface area contributed by atoms with Gasteiger partial charge in [-0.3, -0.25) is 0 Å². The average Bonchev–Trinajstić information content (AvgIpc) is 3.09. The molecular weight excluding hydrogens is 412 g/mol. The van der Waals surface area contributed by atoms with Gasteiger partial charge in [0.2, 0.25) is 0 Å². The Morgan fingerprint density at radius 3 is 2.12 bits per heavy atom. The molecule has 0 amide bonds. The summed E-state index contributed by atoms with van der Waals surface area (Å²) in [6.07, 6.45) is 16.1. The molecular formula is C29H56O4. The lowest BCUT2D eigenvalue weighted by molar-refractivity contribution is -0.160. The van der Waals surface area contributed by atoms with Crippen LogP contribution in [0.3, 0.4) is 0 Å². The highest BCUT2D eigenvalue weighted by Crippen LogP contribution is 2.25. The minimum atomic E-state index is -0.579. The Morgan fingerprint density at radius 1 is 0.970 bits per heavy atom. The molecule has 196 valence electrons. The number of aliphatic hydroxyl groups is 1.